The van der Waals surface area contributed by atoms with Crippen LogP contribution in [0.5, 0.6) is 0 Å². The molecule has 0 rings (SSSR count). The summed E-state index contributed by atoms with van der Waals surface area (Å²) in [5.74, 6) is -4.60. The first-order chi connectivity index (χ1) is 25.3. The number of aliphatic hydroxyl groups excluding tert-OH is 1. The SMILES string of the molecule is CCCCCCCCCCCCCCCC(=O)N[C@@H](CO)C(=O)N[C@@H](CC(C)C)C(=O)N[C@H](C(=O)NCC(=O)N[C@@H](CCCCN)C(=O)O)[C@@H](C)CC. The number of aliphatic carboxylic acids is 1. The van der Waals surface area contributed by atoms with Crippen LogP contribution in [0.15, 0.2) is 0 Å². The lowest BCUT2D eigenvalue weighted by molar-refractivity contribution is -0.142. The van der Waals surface area contributed by atoms with E-state index in [1.54, 1.807) is 6.92 Å². The van der Waals surface area contributed by atoms with Gasteiger partial charge >= 0.3 is 5.97 Å². The molecule has 0 aliphatic carbocycles. The maximum Gasteiger partial charge on any atom is 0.326 e. The average Bonchev–Trinajstić information content (AvgIpc) is 3.12. The van der Waals surface area contributed by atoms with Gasteiger partial charge in [-0.3, -0.25) is 24.0 Å². The molecule has 14 heteroatoms. The number of nitrogens with one attached hydrogen (secondary N) is 5. The highest BCUT2D eigenvalue weighted by molar-refractivity contribution is 5.95. The monoisotopic (exact) mass is 755 g/mol. The Morgan fingerprint density at radius 1 is 0.604 bits per heavy atom. The molecule has 0 bridgehead atoms. The van der Waals surface area contributed by atoms with Gasteiger partial charge in [0.1, 0.15) is 24.2 Å². The van der Waals surface area contributed by atoms with Crippen molar-refractivity contribution in [2.24, 2.45) is 17.6 Å². The number of carboxylic acids is 1. The molecule has 0 aliphatic rings. The van der Waals surface area contributed by atoms with Crippen molar-refractivity contribution in [1.82, 2.24) is 26.6 Å². The van der Waals surface area contributed by atoms with Crippen LogP contribution in [0.4, 0.5) is 0 Å². The Balaban J connectivity index is 5.00. The number of nitrogens with two attached hydrogens (primary N) is 1. The van der Waals surface area contributed by atoms with Crippen LogP contribution >= 0.6 is 0 Å². The van der Waals surface area contributed by atoms with E-state index < -0.39 is 66.9 Å². The Bertz CT molecular complexity index is 1060. The van der Waals surface area contributed by atoms with Gasteiger partial charge in [0.15, 0.2) is 0 Å². The summed E-state index contributed by atoms with van der Waals surface area (Å²) in [6, 6.07) is -4.49. The molecule has 53 heavy (non-hydrogen) atoms. The van der Waals surface area contributed by atoms with Gasteiger partial charge in [0.05, 0.1) is 13.2 Å². The molecule has 0 heterocycles. The summed E-state index contributed by atoms with van der Waals surface area (Å²) in [7, 11) is 0. The minimum absolute atomic E-state index is 0.0321. The number of carboxylic acid groups (broad SMARTS) is 1. The molecule has 14 nitrogen and oxygen atoms in total. The van der Waals surface area contributed by atoms with Gasteiger partial charge in [-0.1, -0.05) is 118 Å². The topological polar surface area (TPSA) is 229 Å². The van der Waals surface area contributed by atoms with Crippen molar-refractivity contribution in [2.75, 3.05) is 19.7 Å². The van der Waals surface area contributed by atoms with Gasteiger partial charge in [-0.25, -0.2) is 4.79 Å². The van der Waals surface area contributed by atoms with Crippen LogP contribution in [0, 0.1) is 11.8 Å². The molecule has 0 unspecified atom stereocenters. The number of carbonyl (C=O) groups is 6. The summed E-state index contributed by atoms with van der Waals surface area (Å²) in [6.07, 6.45) is 17.7. The maximum absolute atomic E-state index is 13.5. The highest BCUT2D eigenvalue weighted by atomic mass is 16.4. The normalized spacial score (nSPS) is 14.0. The van der Waals surface area contributed by atoms with Gasteiger partial charge in [0.2, 0.25) is 29.5 Å². The first kappa shape index (κ1) is 49.7. The number of amides is 5. The smallest absolute Gasteiger partial charge is 0.326 e. The molecule has 0 spiro atoms. The second-order valence-corrected chi connectivity index (χ2v) is 14.8. The fraction of sp³-hybridized carbons (Fsp3) is 0.846. The Morgan fingerprint density at radius 3 is 1.62 bits per heavy atom. The van der Waals surface area contributed by atoms with Gasteiger partial charge in [-0.15, -0.1) is 0 Å². The van der Waals surface area contributed by atoms with Crippen molar-refractivity contribution in [3.8, 4) is 0 Å². The van der Waals surface area contributed by atoms with Crippen molar-refractivity contribution in [3.05, 3.63) is 0 Å². The van der Waals surface area contributed by atoms with E-state index >= 15 is 0 Å². The molecule has 5 amide bonds. The molecule has 0 radical (unpaired) electrons. The molecule has 0 aliphatic heterocycles. The van der Waals surface area contributed by atoms with Crippen LogP contribution in [0.3, 0.4) is 0 Å². The number of rotatable bonds is 33. The lowest BCUT2D eigenvalue weighted by Gasteiger charge is -2.28. The summed E-state index contributed by atoms with van der Waals surface area (Å²) >= 11 is 0. The summed E-state index contributed by atoms with van der Waals surface area (Å²) in [5, 5.41) is 32.2. The van der Waals surface area contributed by atoms with Gasteiger partial charge in [0.25, 0.3) is 0 Å². The highest BCUT2D eigenvalue weighted by Crippen LogP contribution is 2.14. The van der Waals surface area contributed by atoms with Crippen LogP contribution < -0.4 is 32.3 Å². The number of aliphatic hydroxyl groups is 1. The first-order valence-corrected chi connectivity index (χ1v) is 20.3. The molecule has 308 valence electrons. The van der Waals surface area contributed by atoms with Crippen LogP contribution in [0.1, 0.15) is 157 Å². The summed E-state index contributed by atoms with van der Waals surface area (Å²) in [6.45, 7) is 8.81. The summed E-state index contributed by atoms with van der Waals surface area (Å²) < 4.78 is 0. The third-order valence-corrected chi connectivity index (χ3v) is 9.48. The average molecular weight is 755 g/mol. The molecular formula is C39H74N6O8. The van der Waals surface area contributed by atoms with E-state index in [1.165, 1.54) is 57.8 Å². The molecular weight excluding hydrogens is 680 g/mol. The van der Waals surface area contributed by atoms with Crippen LogP contribution in [0.25, 0.3) is 0 Å². The predicted octanol–water partition coefficient (Wildman–Crippen LogP) is 3.82. The van der Waals surface area contributed by atoms with E-state index in [2.05, 4.69) is 33.5 Å². The molecule has 0 fully saturated rings. The minimum atomic E-state index is -1.25. The summed E-state index contributed by atoms with van der Waals surface area (Å²) in [4.78, 5) is 76.5. The van der Waals surface area contributed by atoms with Gasteiger partial charge < -0.3 is 42.5 Å². The Morgan fingerprint density at radius 2 is 1.13 bits per heavy atom. The highest BCUT2D eigenvalue weighted by Gasteiger charge is 2.32. The molecule has 0 saturated heterocycles. The standard InChI is InChI=1S/C39H74N6O8/c1-6-8-9-10-11-12-13-14-15-16-17-18-19-23-33(47)43-32(27-46)37(50)44-31(25-28(3)4)36(49)45-35(29(5)7-2)38(51)41-26-34(48)42-30(39(52)53)22-20-21-24-40/h28-32,35,46H,6-27,40H2,1-5H3,(H,41,51)(H,42,48)(H,43,47)(H,44,50)(H,45,49)(H,52,53)/t29-,30-,31-,32-,35-/m0/s1. The van der Waals surface area contributed by atoms with Crippen molar-refractivity contribution in [1.29, 1.82) is 0 Å². The van der Waals surface area contributed by atoms with Crippen molar-refractivity contribution >= 4 is 35.5 Å². The van der Waals surface area contributed by atoms with Gasteiger partial charge in [0, 0.05) is 6.42 Å². The van der Waals surface area contributed by atoms with E-state index in [9.17, 15) is 39.0 Å². The fourth-order valence-corrected chi connectivity index (χ4v) is 5.97. The van der Waals surface area contributed by atoms with Crippen LogP contribution in [-0.4, -0.2) is 89.6 Å². The Hall–Kier alpha value is -3.26. The predicted molar refractivity (Wildman–Crippen MR) is 208 cm³/mol. The third-order valence-electron chi connectivity index (χ3n) is 9.48. The van der Waals surface area contributed by atoms with E-state index in [0.29, 0.717) is 32.2 Å². The third kappa shape index (κ3) is 24.6. The van der Waals surface area contributed by atoms with Crippen LogP contribution in [-0.2, 0) is 28.8 Å². The zero-order valence-electron chi connectivity index (χ0n) is 33.4. The Labute approximate surface area is 318 Å². The van der Waals surface area contributed by atoms with Crippen molar-refractivity contribution < 1.29 is 39.0 Å². The fourth-order valence-electron chi connectivity index (χ4n) is 5.97. The molecule has 5 atom stereocenters. The zero-order chi connectivity index (χ0) is 40.0. The van der Waals surface area contributed by atoms with Crippen LogP contribution in [0.2, 0.25) is 0 Å². The van der Waals surface area contributed by atoms with E-state index in [-0.39, 0.29) is 37.0 Å². The molecule has 9 N–H and O–H groups in total. The van der Waals surface area contributed by atoms with Crippen molar-refractivity contribution in [3.63, 3.8) is 0 Å². The summed E-state index contributed by atoms with van der Waals surface area (Å²) in [5.41, 5.74) is 5.46. The second-order valence-electron chi connectivity index (χ2n) is 14.8. The molecule has 0 aromatic heterocycles. The lowest BCUT2D eigenvalue weighted by atomic mass is 9.96. The number of carbonyl (C=O) groups excluding carboxylic acids is 5. The van der Waals surface area contributed by atoms with E-state index in [0.717, 1.165) is 19.3 Å². The molecule has 0 aromatic rings. The number of hydrogen-bond donors (Lipinski definition) is 8. The Kier molecular flexibility index (Phi) is 29.2. The maximum atomic E-state index is 13.5. The first-order valence-electron chi connectivity index (χ1n) is 20.3. The number of unbranched alkanes of at least 4 members (excludes halogenated alkanes) is 13. The van der Waals surface area contributed by atoms with E-state index in [1.807, 2.05) is 20.8 Å². The molecule has 0 aromatic carbocycles. The second kappa shape index (κ2) is 31.1. The molecule has 0 saturated carbocycles. The number of hydrogen-bond acceptors (Lipinski definition) is 8. The van der Waals surface area contributed by atoms with Gasteiger partial charge in [-0.05, 0) is 50.5 Å². The van der Waals surface area contributed by atoms with E-state index in [4.69, 9.17) is 5.73 Å². The lowest BCUT2D eigenvalue weighted by Crippen LogP contribution is -2.59. The van der Waals surface area contributed by atoms with Gasteiger partial charge in [-0.2, -0.15) is 0 Å². The zero-order valence-corrected chi connectivity index (χ0v) is 33.4. The minimum Gasteiger partial charge on any atom is -0.480 e. The van der Waals surface area contributed by atoms with Crippen molar-refractivity contribution in [2.45, 2.75) is 181 Å². The largest absolute Gasteiger partial charge is 0.480 e. The quantitative estimate of drug-likeness (QED) is 0.0455.